The minimum Gasteiger partial charge on any atom is -0.462 e. The Balaban J connectivity index is 4.53. The van der Waals surface area contributed by atoms with Crippen molar-refractivity contribution in [3.63, 3.8) is 0 Å². The van der Waals surface area contributed by atoms with E-state index < -0.39 is 18.0 Å². The van der Waals surface area contributed by atoms with E-state index in [4.69, 9.17) is 14.2 Å². The average Bonchev–Trinajstić information content (AvgIpc) is 3.21. The molecule has 0 aromatic heterocycles. The minimum atomic E-state index is -0.862. The average molecular weight is 785 g/mol. The molecule has 0 saturated heterocycles. The van der Waals surface area contributed by atoms with Crippen molar-refractivity contribution in [1.82, 2.24) is 0 Å². The number of esters is 3. The molecule has 0 N–H and O–H groups in total. The van der Waals surface area contributed by atoms with Crippen LogP contribution in [-0.4, -0.2) is 37.2 Å². The largest absolute Gasteiger partial charge is 0.462 e. The van der Waals surface area contributed by atoms with Gasteiger partial charge in [0.15, 0.2) is 6.10 Å². The number of hydrogen-bond donors (Lipinski definition) is 0. The zero-order valence-electron chi connectivity index (χ0n) is 35.8. The van der Waals surface area contributed by atoms with Gasteiger partial charge in [-0.05, 0) is 83.5 Å². The highest BCUT2D eigenvalue weighted by molar-refractivity contribution is 5.72. The molecule has 0 aliphatic carbocycles. The van der Waals surface area contributed by atoms with E-state index in [2.05, 4.69) is 130 Å². The maximum atomic E-state index is 12.6. The van der Waals surface area contributed by atoms with Crippen LogP contribution in [0.4, 0.5) is 0 Å². The molecule has 0 aromatic carbocycles. The van der Waals surface area contributed by atoms with Crippen LogP contribution < -0.4 is 0 Å². The normalized spacial score (nSPS) is 13.4. The lowest BCUT2D eigenvalue weighted by molar-refractivity contribution is -0.166. The van der Waals surface area contributed by atoms with Crippen LogP contribution in [-0.2, 0) is 28.6 Å². The molecule has 0 aromatic rings. The molecule has 57 heavy (non-hydrogen) atoms. The fourth-order valence-corrected chi connectivity index (χ4v) is 5.01. The molecule has 0 aliphatic heterocycles. The van der Waals surface area contributed by atoms with E-state index >= 15 is 0 Å². The Kier molecular flexibility index (Phi) is 40.8. The third kappa shape index (κ3) is 42.5. The van der Waals surface area contributed by atoms with Gasteiger partial charge < -0.3 is 14.2 Å². The number of unbranched alkanes of at least 4 members (excludes halogenated alkanes) is 4. The SMILES string of the molecule is CC/C=C\C/C=C\C/C=C\C/C=C\C/C=C\C/C=C\CCC(=O)OCC(COC(=O)CCCCCCC)OC(=O)C/C=C\C/C=C\C/C=C\C/C=C\C/C=C\CC. The molecule has 316 valence electrons. The summed E-state index contributed by atoms with van der Waals surface area (Å²) in [6.45, 7) is 6.12. The van der Waals surface area contributed by atoms with Crippen LogP contribution in [0.2, 0.25) is 0 Å². The first-order chi connectivity index (χ1) is 28.0. The molecule has 0 amide bonds. The zero-order valence-corrected chi connectivity index (χ0v) is 35.8. The predicted octanol–water partition coefficient (Wildman–Crippen LogP) is 14.0. The minimum absolute atomic E-state index is 0.0754. The molecule has 0 aliphatic rings. The lowest BCUT2D eigenvalue weighted by Crippen LogP contribution is -2.30. The maximum absolute atomic E-state index is 12.6. The molecule has 0 saturated carbocycles. The summed E-state index contributed by atoms with van der Waals surface area (Å²) in [5.41, 5.74) is 0. The number of ether oxygens (including phenoxy) is 3. The van der Waals surface area contributed by atoms with Crippen LogP contribution in [0.3, 0.4) is 0 Å². The molecule has 1 atom stereocenters. The van der Waals surface area contributed by atoms with Crippen molar-refractivity contribution in [1.29, 1.82) is 0 Å². The summed E-state index contributed by atoms with van der Waals surface area (Å²) in [7, 11) is 0. The number of allylic oxidation sites excluding steroid dienone is 21. The maximum Gasteiger partial charge on any atom is 0.310 e. The molecule has 0 rings (SSSR count). The van der Waals surface area contributed by atoms with Gasteiger partial charge in [0.1, 0.15) is 13.2 Å². The second-order valence-corrected chi connectivity index (χ2v) is 13.5. The van der Waals surface area contributed by atoms with Crippen molar-refractivity contribution in [2.45, 2.75) is 155 Å². The molecular weight excluding hydrogens is 709 g/mol. The monoisotopic (exact) mass is 785 g/mol. The van der Waals surface area contributed by atoms with Crippen molar-refractivity contribution in [3.05, 3.63) is 134 Å². The molecule has 0 spiro atoms. The van der Waals surface area contributed by atoms with Crippen LogP contribution >= 0.6 is 0 Å². The summed E-state index contributed by atoms with van der Waals surface area (Å²) >= 11 is 0. The highest BCUT2D eigenvalue weighted by Gasteiger charge is 2.19. The number of hydrogen-bond acceptors (Lipinski definition) is 6. The van der Waals surface area contributed by atoms with Gasteiger partial charge >= 0.3 is 17.9 Å². The van der Waals surface area contributed by atoms with Gasteiger partial charge in [-0.25, -0.2) is 0 Å². The highest BCUT2D eigenvalue weighted by Crippen LogP contribution is 2.08. The Morgan fingerprint density at radius 2 is 0.737 bits per heavy atom. The van der Waals surface area contributed by atoms with E-state index in [0.717, 1.165) is 96.3 Å². The standard InChI is InChI=1S/C51H76O6/c1-4-7-10-13-15-17-19-21-23-24-25-26-28-29-31-33-35-38-41-44-50(53)56-47-48(46-55-49(52)43-40-37-12-9-6-3)57-51(54)45-42-39-36-34-32-30-27-22-20-18-16-14-11-8-5-2/h7-8,10-11,15-18,21-23,25-27,29,31-32,34-35,38-39,42,48H,4-6,9,12-14,19-20,24,28,30,33,36-37,40-41,43-47H2,1-3H3/b10-7-,11-8-,17-15-,18-16-,23-21-,26-25-,27-22-,31-29-,34-32-,38-35-,42-39-. The van der Waals surface area contributed by atoms with E-state index in [-0.39, 0.29) is 32.0 Å². The van der Waals surface area contributed by atoms with Gasteiger partial charge in [0.05, 0.1) is 6.42 Å². The van der Waals surface area contributed by atoms with Gasteiger partial charge in [-0.3, -0.25) is 14.4 Å². The fraction of sp³-hybridized carbons (Fsp3) is 0.510. The number of carbonyl (C=O) groups is 3. The van der Waals surface area contributed by atoms with Gasteiger partial charge in [0, 0.05) is 12.8 Å². The predicted molar refractivity (Wildman–Crippen MR) is 242 cm³/mol. The Morgan fingerprint density at radius 3 is 1.14 bits per heavy atom. The van der Waals surface area contributed by atoms with E-state index in [9.17, 15) is 14.4 Å². The smallest absolute Gasteiger partial charge is 0.310 e. The first kappa shape index (κ1) is 52.6. The third-order valence-electron chi connectivity index (χ3n) is 8.20. The van der Waals surface area contributed by atoms with E-state index in [1.54, 1.807) is 6.08 Å². The molecule has 0 heterocycles. The number of carbonyl (C=O) groups excluding carboxylic acids is 3. The number of rotatable bonds is 36. The van der Waals surface area contributed by atoms with E-state index in [1.807, 2.05) is 18.2 Å². The van der Waals surface area contributed by atoms with Crippen molar-refractivity contribution in [2.75, 3.05) is 13.2 Å². The van der Waals surface area contributed by atoms with Crippen LogP contribution in [0.1, 0.15) is 149 Å². The van der Waals surface area contributed by atoms with Gasteiger partial charge in [-0.2, -0.15) is 0 Å². The molecule has 0 bridgehead atoms. The molecule has 6 nitrogen and oxygen atoms in total. The quantitative estimate of drug-likeness (QED) is 0.0272. The Hall–Kier alpha value is -4.45. The summed E-state index contributed by atoms with van der Waals surface area (Å²) in [5, 5.41) is 0. The lowest BCUT2D eigenvalue weighted by Gasteiger charge is -2.18. The van der Waals surface area contributed by atoms with E-state index in [0.29, 0.717) is 19.3 Å². The zero-order chi connectivity index (χ0) is 41.5. The van der Waals surface area contributed by atoms with Crippen molar-refractivity contribution >= 4 is 17.9 Å². The van der Waals surface area contributed by atoms with Gasteiger partial charge in [-0.1, -0.05) is 180 Å². The van der Waals surface area contributed by atoms with Gasteiger partial charge in [0.25, 0.3) is 0 Å². The molecule has 0 fully saturated rings. The molecule has 1 unspecified atom stereocenters. The van der Waals surface area contributed by atoms with Crippen LogP contribution in [0.25, 0.3) is 0 Å². The highest BCUT2D eigenvalue weighted by atomic mass is 16.6. The summed E-state index contributed by atoms with van der Waals surface area (Å²) in [4.78, 5) is 37.4. The summed E-state index contributed by atoms with van der Waals surface area (Å²) in [5.74, 6) is -1.20. The van der Waals surface area contributed by atoms with Gasteiger partial charge in [0.2, 0.25) is 0 Å². The topological polar surface area (TPSA) is 78.9 Å². The Labute approximate surface area is 347 Å². The second-order valence-electron chi connectivity index (χ2n) is 13.5. The van der Waals surface area contributed by atoms with Crippen LogP contribution in [0.15, 0.2) is 134 Å². The lowest BCUT2D eigenvalue weighted by atomic mass is 10.1. The first-order valence-electron chi connectivity index (χ1n) is 21.7. The summed E-state index contributed by atoms with van der Waals surface area (Å²) in [6.07, 6.45) is 62.2. The summed E-state index contributed by atoms with van der Waals surface area (Å²) < 4.78 is 16.4. The molecule has 6 heteroatoms. The third-order valence-corrected chi connectivity index (χ3v) is 8.20. The van der Waals surface area contributed by atoms with Crippen LogP contribution in [0, 0.1) is 0 Å². The van der Waals surface area contributed by atoms with Gasteiger partial charge in [-0.15, -0.1) is 0 Å². The second kappa shape index (κ2) is 44.3. The first-order valence-corrected chi connectivity index (χ1v) is 21.7. The Bertz CT molecular complexity index is 1320. The van der Waals surface area contributed by atoms with Crippen LogP contribution in [0.5, 0.6) is 0 Å². The van der Waals surface area contributed by atoms with Crippen molar-refractivity contribution in [2.24, 2.45) is 0 Å². The molecule has 0 radical (unpaired) electrons. The summed E-state index contributed by atoms with van der Waals surface area (Å²) in [6, 6.07) is 0. The van der Waals surface area contributed by atoms with Crippen molar-refractivity contribution < 1.29 is 28.6 Å². The molecular formula is C51H76O6. The Morgan fingerprint density at radius 1 is 0.386 bits per heavy atom. The van der Waals surface area contributed by atoms with E-state index in [1.165, 1.54) is 0 Å². The van der Waals surface area contributed by atoms with Crippen molar-refractivity contribution in [3.8, 4) is 0 Å². The fourth-order valence-electron chi connectivity index (χ4n) is 5.01.